The molecule has 0 spiro atoms. The molecule has 1 amide bonds. The van der Waals surface area contributed by atoms with Crippen LogP contribution in [0, 0.1) is 17.0 Å². The Balaban J connectivity index is 2.38. The van der Waals surface area contributed by atoms with Gasteiger partial charge in [0.05, 0.1) is 21.3 Å². The second kappa shape index (κ2) is 7.02. The van der Waals surface area contributed by atoms with E-state index in [4.69, 9.17) is 23.2 Å². The standard InChI is InChI=1S/C15H13Cl2N3O4/c1-8-13(20(23)24)5-6-14(21)19(8)9(2)15(22)18-12-7-10(16)3-4-11(12)17/h3-7,9H,1-2H3,(H,18,22). The molecule has 0 bridgehead atoms. The number of anilines is 1. The Bertz CT molecular complexity index is 880. The van der Waals surface area contributed by atoms with Crippen LogP contribution in [0.15, 0.2) is 35.1 Å². The van der Waals surface area contributed by atoms with Gasteiger partial charge in [0, 0.05) is 17.2 Å². The van der Waals surface area contributed by atoms with E-state index in [-0.39, 0.29) is 22.1 Å². The summed E-state index contributed by atoms with van der Waals surface area (Å²) < 4.78 is 1.06. The van der Waals surface area contributed by atoms with Crippen molar-refractivity contribution in [2.45, 2.75) is 19.9 Å². The molecule has 0 fully saturated rings. The average molecular weight is 370 g/mol. The zero-order valence-electron chi connectivity index (χ0n) is 12.7. The van der Waals surface area contributed by atoms with E-state index in [1.54, 1.807) is 6.07 Å². The molecule has 1 N–H and O–H groups in total. The van der Waals surface area contributed by atoms with Crippen molar-refractivity contribution in [3.05, 3.63) is 66.5 Å². The van der Waals surface area contributed by atoms with Gasteiger partial charge in [0.25, 0.3) is 11.2 Å². The first kappa shape index (κ1) is 18.0. The van der Waals surface area contributed by atoms with E-state index in [2.05, 4.69) is 5.32 Å². The van der Waals surface area contributed by atoms with Crippen LogP contribution in [0.4, 0.5) is 11.4 Å². The Morgan fingerprint density at radius 1 is 1.29 bits per heavy atom. The first-order valence-corrected chi connectivity index (χ1v) is 7.60. The fourth-order valence-corrected chi connectivity index (χ4v) is 2.60. The molecule has 0 radical (unpaired) electrons. The van der Waals surface area contributed by atoms with Crippen molar-refractivity contribution in [3.8, 4) is 0 Å². The van der Waals surface area contributed by atoms with Gasteiger partial charge in [-0.25, -0.2) is 0 Å². The third-order valence-electron chi connectivity index (χ3n) is 3.50. The number of nitrogens with one attached hydrogen (secondary N) is 1. The van der Waals surface area contributed by atoms with Gasteiger partial charge >= 0.3 is 0 Å². The first-order valence-electron chi connectivity index (χ1n) is 6.85. The second-order valence-corrected chi connectivity index (χ2v) is 5.90. The highest BCUT2D eigenvalue weighted by Crippen LogP contribution is 2.26. The molecule has 7 nitrogen and oxygen atoms in total. The summed E-state index contributed by atoms with van der Waals surface area (Å²) in [6.07, 6.45) is 0. The van der Waals surface area contributed by atoms with Crippen molar-refractivity contribution < 1.29 is 9.72 Å². The van der Waals surface area contributed by atoms with E-state index in [1.807, 2.05) is 0 Å². The van der Waals surface area contributed by atoms with Gasteiger partial charge in [-0.05, 0) is 32.0 Å². The fraction of sp³-hybridized carbons (Fsp3) is 0.200. The van der Waals surface area contributed by atoms with Gasteiger partial charge in [-0.2, -0.15) is 0 Å². The summed E-state index contributed by atoms with van der Waals surface area (Å²) in [5.41, 5.74) is -0.377. The van der Waals surface area contributed by atoms with Crippen LogP contribution < -0.4 is 10.9 Å². The molecule has 0 saturated carbocycles. The van der Waals surface area contributed by atoms with Gasteiger partial charge in [0.1, 0.15) is 6.04 Å². The molecule has 1 heterocycles. The predicted molar refractivity (Wildman–Crippen MR) is 91.9 cm³/mol. The van der Waals surface area contributed by atoms with Crippen molar-refractivity contribution in [2.24, 2.45) is 0 Å². The normalized spacial score (nSPS) is 11.8. The van der Waals surface area contributed by atoms with E-state index in [9.17, 15) is 19.7 Å². The third-order valence-corrected chi connectivity index (χ3v) is 4.07. The number of carbonyl (C=O) groups excluding carboxylic acids is 1. The van der Waals surface area contributed by atoms with Crippen LogP contribution in [0.2, 0.25) is 10.0 Å². The molecule has 126 valence electrons. The number of halogens is 2. The highest BCUT2D eigenvalue weighted by Gasteiger charge is 2.23. The second-order valence-electron chi connectivity index (χ2n) is 5.06. The van der Waals surface area contributed by atoms with Gasteiger partial charge in [-0.3, -0.25) is 24.3 Å². The van der Waals surface area contributed by atoms with Crippen molar-refractivity contribution in [3.63, 3.8) is 0 Å². The van der Waals surface area contributed by atoms with Crippen molar-refractivity contribution in [2.75, 3.05) is 5.32 Å². The fourth-order valence-electron chi connectivity index (χ4n) is 2.26. The van der Waals surface area contributed by atoms with E-state index in [0.29, 0.717) is 5.02 Å². The predicted octanol–water partition coefficient (Wildman–Crippen LogP) is 3.57. The van der Waals surface area contributed by atoms with Crippen LogP contribution in [0.1, 0.15) is 18.7 Å². The van der Waals surface area contributed by atoms with E-state index >= 15 is 0 Å². The monoisotopic (exact) mass is 369 g/mol. The number of rotatable bonds is 4. The molecule has 24 heavy (non-hydrogen) atoms. The van der Waals surface area contributed by atoms with Crippen LogP contribution in [-0.2, 0) is 4.79 Å². The summed E-state index contributed by atoms with van der Waals surface area (Å²) in [6.45, 7) is 2.88. The van der Waals surface area contributed by atoms with Crippen molar-refractivity contribution >= 4 is 40.5 Å². The van der Waals surface area contributed by atoms with Gasteiger partial charge < -0.3 is 5.32 Å². The third kappa shape index (κ3) is 3.58. The van der Waals surface area contributed by atoms with Crippen LogP contribution in [-0.4, -0.2) is 15.4 Å². The zero-order chi connectivity index (χ0) is 18.0. The highest BCUT2D eigenvalue weighted by atomic mass is 35.5. The molecule has 0 aliphatic carbocycles. The number of carbonyl (C=O) groups is 1. The molecule has 1 atom stereocenters. The van der Waals surface area contributed by atoms with E-state index in [0.717, 1.165) is 16.7 Å². The lowest BCUT2D eigenvalue weighted by Gasteiger charge is -2.18. The highest BCUT2D eigenvalue weighted by molar-refractivity contribution is 6.35. The minimum Gasteiger partial charge on any atom is -0.323 e. The Morgan fingerprint density at radius 3 is 2.58 bits per heavy atom. The summed E-state index contributed by atoms with van der Waals surface area (Å²) in [7, 11) is 0. The molecule has 2 rings (SSSR count). The maximum Gasteiger partial charge on any atom is 0.288 e. The summed E-state index contributed by atoms with van der Waals surface area (Å²) in [5, 5.41) is 14.2. The number of aromatic nitrogens is 1. The number of hydrogen-bond acceptors (Lipinski definition) is 4. The van der Waals surface area contributed by atoms with E-state index in [1.165, 1.54) is 26.0 Å². The number of hydrogen-bond donors (Lipinski definition) is 1. The van der Waals surface area contributed by atoms with Crippen LogP contribution >= 0.6 is 23.2 Å². The molecule has 0 aliphatic heterocycles. The maximum atomic E-state index is 12.4. The SMILES string of the molecule is Cc1c([N+](=O)[O-])ccc(=O)n1C(C)C(=O)Nc1cc(Cl)ccc1Cl. The topological polar surface area (TPSA) is 94.2 Å². The van der Waals surface area contributed by atoms with Gasteiger partial charge in [-0.15, -0.1) is 0 Å². The Labute approximate surface area is 147 Å². The molecule has 9 heteroatoms. The lowest BCUT2D eigenvalue weighted by Crippen LogP contribution is -2.33. The smallest absolute Gasteiger partial charge is 0.288 e. The van der Waals surface area contributed by atoms with Crippen LogP contribution in [0.5, 0.6) is 0 Å². The molecule has 1 aromatic carbocycles. The van der Waals surface area contributed by atoms with Gasteiger partial charge in [0.15, 0.2) is 0 Å². The Morgan fingerprint density at radius 2 is 1.96 bits per heavy atom. The molecular formula is C15H13Cl2N3O4. The lowest BCUT2D eigenvalue weighted by molar-refractivity contribution is -0.386. The number of benzene rings is 1. The number of nitrogens with zero attached hydrogens (tertiary/aromatic N) is 2. The van der Waals surface area contributed by atoms with Crippen molar-refractivity contribution in [1.29, 1.82) is 0 Å². The molecule has 0 saturated heterocycles. The lowest BCUT2D eigenvalue weighted by atomic mass is 10.2. The Kier molecular flexibility index (Phi) is 5.26. The first-order chi connectivity index (χ1) is 11.2. The van der Waals surface area contributed by atoms with Crippen molar-refractivity contribution in [1.82, 2.24) is 4.57 Å². The summed E-state index contributed by atoms with van der Waals surface area (Å²) in [4.78, 5) is 34.9. The molecule has 0 aliphatic rings. The maximum absolute atomic E-state index is 12.4. The summed E-state index contributed by atoms with van der Waals surface area (Å²) in [6, 6.07) is 5.76. The summed E-state index contributed by atoms with van der Waals surface area (Å²) >= 11 is 11.9. The number of nitro groups is 1. The quantitative estimate of drug-likeness (QED) is 0.658. The minimum absolute atomic E-state index is 0.0901. The number of amides is 1. The number of pyridine rings is 1. The molecule has 1 unspecified atom stereocenters. The molecule has 1 aromatic heterocycles. The minimum atomic E-state index is -0.979. The van der Waals surface area contributed by atoms with Crippen LogP contribution in [0.25, 0.3) is 0 Å². The molecular weight excluding hydrogens is 357 g/mol. The van der Waals surface area contributed by atoms with Gasteiger partial charge in [0.2, 0.25) is 5.91 Å². The summed E-state index contributed by atoms with van der Waals surface area (Å²) in [5.74, 6) is -0.551. The Hall–Kier alpha value is -2.38. The molecule has 2 aromatic rings. The zero-order valence-corrected chi connectivity index (χ0v) is 14.3. The van der Waals surface area contributed by atoms with Crippen LogP contribution in [0.3, 0.4) is 0 Å². The van der Waals surface area contributed by atoms with Gasteiger partial charge in [-0.1, -0.05) is 23.2 Å². The largest absolute Gasteiger partial charge is 0.323 e. The average Bonchev–Trinajstić information content (AvgIpc) is 2.50. The van der Waals surface area contributed by atoms with E-state index < -0.39 is 22.4 Å².